The van der Waals surface area contributed by atoms with E-state index in [-0.39, 0.29) is 10.8 Å². The summed E-state index contributed by atoms with van der Waals surface area (Å²) >= 11 is 6.01. The Morgan fingerprint density at radius 1 is 1.38 bits per heavy atom. The molecule has 3 nitrogen and oxygen atoms in total. The molecule has 0 amide bonds. The molecule has 0 heterocycles. The van der Waals surface area contributed by atoms with Gasteiger partial charge in [0, 0.05) is 11.4 Å². The molecule has 2 fully saturated rings. The van der Waals surface area contributed by atoms with Gasteiger partial charge in [-0.25, -0.2) is 13.1 Å². The van der Waals surface area contributed by atoms with Crippen molar-refractivity contribution in [2.24, 2.45) is 5.92 Å². The van der Waals surface area contributed by atoms with E-state index in [2.05, 4.69) is 11.6 Å². The van der Waals surface area contributed by atoms with E-state index in [4.69, 9.17) is 11.6 Å². The maximum Gasteiger partial charge on any atom is 0.215 e. The van der Waals surface area contributed by atoms with Crippen molar-refractivity contribution in [2.45, 2.75) is 56.2 Å². The maximum atomic E-state index is 12.0. The van der Waals surface area contributed by atoms with Gasteiger partial charge in [0.05, 0.1) is 5.25 Å². The predicted octanol–water partition coefficient (Wildman–Crippen LogP) is 2.26. The summed E-state index contributed by atoms with van der Waals surface area (Å²) in [6, 6.07) is 0. The minimum absolute atomic E-state index is 0.148. The topological polar surface area (TPSA) is 46.2 Å². The Hall–Kier alpha value is 0.200. The summed E-state index contributed by atoms with van der Waals surface area (Å²) in [6.45, 7) is 2.17. The summed E-state index contributed by atoms with van der Waals surface area (Å²) in [6.07, 6.45) is 5.63. The van der Waals surface area contributed by atoms with Gasteiger partial charge in [0.25, 0.3) is 0 Å². The largest absolute Gasteiger partial charge is 0.215 e. The van der Waals surface area contributed by atoms with Crippen molar-refractivity contribution in [3.8, 4) is 0 Å². The second-order valence-electron chi connectivity index (χ2n) is 5.46. The highest BCUT2D eigenvalue weighted by atomic mass is 35.5. The lowest BCUT2D eigenvalue weighted by Crippen LogP contribution is -2.53. The highest BCUT2D eigenvalue weighted by Crippen LogP contribution is 2.36. The van der Waals surface area contributed by atoms with Crippen LogP contribution in [-0.2, 0) is 10.0 Å². The highest BCUT2D eigenvalue weighted by molar-refractivity contribution is 7.90. The fraction of sp³-hybridized carbons (Fsp3) is 1.00. The van der Waals surface area contributed by atoms with E-state index in [9.17, 15) is 8.42 Å². The standard InChI is InChI=1S/C11H20ClNO2S/c1-9-3-2-6-11(7-9,8-12)13-16(14,15)10-4-5-10/h9-10,13H,2-8H2,1H3. The molecule has 2 atom stereocenters. The lowest BCUT2D eigenvalue weighted by molar-refractivity contribution is 0.239. The van der Waals surface area contributed by atoms with Crippen molar-refractivity contribution in [3.05, 3.63) is 0 Å². The van der Waals surface area contributed by atoms with Crippen LogP contribution in [0.25, 0.3) is 0 Å². The molecular formula is C11H20ClNO2S. The van der Waals surface area contributed by atoms with Crippen LogP contribution >= 0.6 is 11.6 Å². The van der Waals surface area contributed by atoms with Crippen LogP contribution in [0.2, 0.25) is 0 Å². The number of alkyl halides is 1. The summed E-state index contributed by atoms with van der Waals surface area (Å²) in [5.41, 5.74) is -0.374. The third-order valence-electron chi connectivity index (χ3n) is 3.67. The molecule has 16 heavy (non-hydrogen) atoms. The first kappa shape index (κ1) is 12.7. The lowest BCUT2D eigenvalue weighted by Gasteiger charge is -2.39. The third kappa shape index (κ3) is 2.71. The van der Waals surface area contributed by atoms with E-state index < -0.39 is 10.0 Å². The van der Waals surface area contributed by atoms with E-state index in [0.717, 1.165) is 32.1 Å². The zero-order valence-corrected chi connectivity index (χ0v) is 11.3. The molecule has 0 aromatic heterocycles. The van der Waals surface area contributed by atoms with Gasteiger partial charge in [-0.2, -0.15) is 0 Å². The zero-order valence-electron chi connectivity index (χ0n) is 9.71. The Morgan fingerprint density at radius 2 is 2.06 bits per heavy atom. The Balaban J connectivity index is 2.09. The average molecular weight is 266 g/mol. The van der Waals surface area contributed by atoms with Gasteiger partial charge in [0.1, 0.15) is 0 Å². The first-order valence-corrected chi connectivity index (χ1v) is 8.14. The molecule has 1 N–H and O–H groups in total. The number of nitrogens with one attached hydrogen (secondary N) is 1. The molecule has 2 unspecified atom stereocenters. The van der Waals surface area contributed by atoms with E-state index in [1.165, 1.54) is 6.42 Å². The molecule has 2 aliphatic rings. The Kier molecular flexibility index (Phi) is 3.53. The first-order valence-electron chi connectivity index (χ1n) is 6.06. The van der Waals surface area contributed by atoms with Crippen LogP contribution in [0.5, 0.6) is 0 Å². The molecule has 2 saturated carbocycles. The van der Waals surface area contributed by atoms with Gasteiger partial charge in [0.15, 0.2) is 0 Å². The average Bonchev–Trinajstić information content (AvgIpc) is 3.00. The molecule has 0 radical (unpaired) electrons. The maximum absolute atomic E-state index is 12.0. The van der Waals surface area contributed by atoms with Crippen molar-refractivity contribution in [1.82, 2.24) is 4.72 Å². The van der Waals surface area contributed by atoms with Gasteiger partial charge in [-0.05, 0) is 31.6 Å². The quantitative estimate of drug-likeness (QED) is 0.793. The third-order valence-corrected chi connectivity index (χ3v) is 6.25. The van der Waals surface area contributed by atoms with E-state index in [1.54, 1.807) is 0 Å². The molecule has 2 rings (SSSR count). The molecule has 0 aromatic rings. The lowest BCUT2D eigenvalue weighted by atomic mass is 9.78. The SMILES string of the molecule is CC1CCCC(CCl)(NS(=O)(=O)C2CC2)C1. The van der Waals surface area contributed by atoms with Crippen molar-refractivity contribution >= 4 is 21.6 Å². The minimum atomic E-state index is -3.12. The van der Waals surface area contributed by atoms with Crippen LogP contribution in [0.15, 0.2) is 0 Å². The summed E-state index contributed by atoms with van der Waals surface area (Å²) in [4.78, 5) is 0. The van der Waals surface area contributed by atoms with Gasteiger partial charge in [-0.3, -0.25) is 0 Å². The van der Waals surface area contributed by atoms with E-state index >= 15 is 0 Å². The number of rotatable bonds is 4. The second-order valence-corrected chi connectivity index (χ2v) is 7.69. The van der Waals surface area contributed by atoms with Crippen LogP contribution in [0.1, 0.15) is 45.4 Å². The molecule has 5 heteroatoms. The first-order chi connectivity index (χ1) is 7.47. The van der Waals surface area contributed by atoms with Crippen LogP contribution in [0.3, 0.4) is 0 Å². The van der Waals surface area contributed by atoms with Crippen molar-refractivity contribution in [2.75, 3.05) is 5.88 Å². The molecule has 0 saturated heterocycles. The molecular weight excluding hydrogens is 246 g/mol. The van der Waals surface area contributed by atoms with Crippen LogP contribution in [0.4, 0.5) is 0 Å². The molecule has 0 aromatic carbocycles. The monoisotopic (exact) mass is 265 g/mol. The van der Waals surface area contributed by atoms with Crippen LogP contribution < -0.4 is 4.72 Å². The van der Waals surface area contributed by atoms with Crippen molar-refractivity contribution in [1.29, 1.82) is 0 Å². The number of sulfonamides is 1. The van der Waals surface area contributed by atoms with Gasteiger partial charge in [0.2, 0.25) is 10.0 Å². The molecule has 0 bridgehead atoms. The summed E-state index contributed by atoms with van der Waals surface area (Å²) < 4.78 is 26.8. The Bertz CT molecular complexity index is 353. The summed E-state index contributed by atoms with van der Waals surface area (Å²) in [5, 5.41) is -0.148. The smallest absolute Gasteiger partial charge is 0.212 e. The number of hydrogen-bond acceptors (Lipinski definition) is 2. The van der Waals surface area contributed by atoms with E-state index in [1.807, 2.05) is 0 Å². The highest BCUT2D eigenvalue weighted by Gasteiger charge is 2.43. The van der Waals surface area contributed by atoms with Gasteiger partial charge in [-0.15, -0.1) is 11.6 Å². The molecule has 0 spiro atoms. The van der Waals surface area contributed by atoms with Crippen molar-refractivity contribution < 1.29 is 8.42 Å². The van der Waals surface area contributed by atoms with Gasteiger partial charge < -0.3 is 0 Å². The predicted molar refractivity (Wildman–Crippen MR) is 66.2 cm³/mol. The summed E-state index contributed by atoms with van der Waals surface area (Å²) in [5.74, 6) is 0.956. The van der Waals surface area contributed by atoms with Gasteiger partial charge >= 0.3 is 0 Å². The molecule has 2 aliphatic carbocycles. The van der Waals surface area contributed by atoms with E-state index in [0.29, 0.717) is 11.8 Å². The number of halogens is 1. The van der Waals surface area contributed by atoms with Crippen LogP contribution in [-0.4, -0.2) is 25.1 Å². The summed E-state index contributed by atoms with van der Waals surface area (Å²) in [7, 11) is -3.12. The Labute approximate surface area is 103 Å². The Morgan fingerprint density at radius 3 is 2.56 bits per heavy atom. The zero-order chi connectivity index (χ0) is 11.8. The fourth-order valence-corrected chi connectivity index (χ4v) is 4.84. The van der Waals surface area contributed by atoms with Crippen molar-refractivity contribution in [3.63, 3.8) is 0 Å². The molecule has 94 valence electrons. The number of hydrogen-bond donors (Lipinski definition) is 1. The minimum Gasteiger partial charge on any atom is -0.212 e. The second kappa shape index (κ2) is 4.46. The van der Waals surface area contributed by atoms with Gasteiger partial charge in [-0.1, -0.05) is 19.8 Å². The molecule has 0 aliphatic heterocycles. The normalized spacial score (nSPS) is 36.2. The van der Waals surface area contributed by atoms with Crippen LogP contribution in [0, 0.1) is 5.92 Å². The fourth-order valence-electron chi connectivity index (χ4n) is 2.66.